The molecule has 0 bridgehead atoms. The Morgan fingerprint density at radius 2 is 1.80 bits per heavy atom. The molecule has 1 fully saturated rings. The van der Waals surface area contributed by atoms with Gasteiger partial charge in [-0.25, -0.2) is 0 Å². The highest BCUT2D eigenvalue weighted by molar-refractivity contribution is 5.85. The molecule has 5 nitrogen and oxygen atoms in total. The fraction of sp³-hybridized carbons (Fsp3) is 0.632. The summed E-state index contributed by atoms with van der Waals surface area (Å²) in [5.41, 5.74) is 1.06. The molecule has 1 atom stereocenters. The Morgan fingerprint density at radius 1 is 1.12 bits per heavy atom. The minimum atomic E-state index is -0.152. The van der Waals surface area contributed by atoms with Crippen LogP contribution in [0.5, 0.6) is 11.5 Å². The Kier molecular flexibility index (Phi) is 9.68. The molecule has 1 aromatic carbocycles. The molecule has 1 heterocycles. The van der Waals surface area contributed by atoms with Gasteiger partial charge in [0.15, 0.2) is 11.5 Å². The summed E-state index contributed by atoms with van der Waals surface area (Å²) in [6, 6.07) is 5.82. The number of hydrogen-bond donors (Lipinski definition) is 0. The van der Waals surface area contributed by atoms with Gasteiger partial charge in [0, 0.05) is 6.54 Å². The van der Waals surface area contributed by atoms with Crippen LogP contribution in [0.15, 0.2) is 18.2 Å². The van der Waals surface area contributed by atoms with E-state index in [-0.39, 0.29) is 24.3 Å². The van der Waals surface area contributed by atoms with Crippen molar-refractivity contribution < 1.29 is 19.0 Å². The molecule has 0 saturated carbocycles. The van der Waals surface area contributed by atoms with Crippen molar-refractivity contribution in [2.24, 2.45) is 5.92 Å². The van der Waals surface area contributed by atoms with Crippen LogP contribution in [0.4, 0.5) is 0 Å². The third-order valence-corrected chi connectivity index (χ3v) is 4.48. The minimum absolute atomic E-state index is 0. The Morgan fingerprint density at radius 3 is 2.40 bits per heavy atom. The quantitative estimate of drug-likeness (QED) is 0.656. The van der Waals surface area contributed by atoms with Gasteiger partial charge in [0.1, 0.15) is 0 Å². The first-order valence-corrected chi connectivity index (χ1v) is 8.77. The molecule has 1 aromatic rings. The van der Waals surface area contributed by atoms with E-state index in [0.29, 0.717) is 24.5 Å². The zero-order chi connectivity index (χ0) is 17.4. The molecular formula is C19H30ClNO4. The van der Waals surface area contributed by atoms with Crippen molar-refractivity contribution in [2.45, 2.75) is 32.6 Å². The number of carbonyl (C=O) groups is 1. The number of likely N-dealkylation sites (tertiary alicyclic amines) is 1. The molecule has 1 unspecified atom stereocenters. The largest absolute Gasteiger partial charge is 0.493 e. The molecule has 0 amide bonds. The summed E-state index contributed by atoms with van der Waals surface area (Å²) in [6.07, 6.45) is 4.36. The van der Waals surface area contributed by atoms with Crippen molar-refractivity contribution in [1.82, 2.24) is 4.90 Å². The van der Waals surface area contributed by atoms with E-state index in [2.05, 4.69) is 4.90 Å². The van der Waals surface area contributed by atoms with Gasteiger partial charge in [0.25, 0.3) is 0 Å². The topological polar surface area (TPSA) is 48.0 Å². The van der Waals surface area contributed by atoms with E-state index in [1.54, 1.807) is 14.2 Å². The molecule has 25 heavy (non-hydrogen) atoms. The average Bonchev–Trinajstić information content (AvgIpc) is 2.62. The molecule has 0 spiro atoms. The summed E-state index contributed by atoms with van der Waals surface area (Å²) >= 11 is 0. The maximum Gasteiger partial charge on any atom is 0.310 e. The molecular weight excluding hydrogens is 342 g/mol. The summed E-state index contributed by atoms with van der Waals surface area (Å²) in [5, 5.41) is 0. The number of methoxy groups -OCH3 is 2. The van der Waals surface area contributed by atoms with E-state index in [1.165, 1.54) is 19.3 Å². The van der Waals surface area contributed by atoms with Crippen molar-refractivity contribution in [3.8, 4) is 11.5 Å². The number of hydrogen-bond acceptors (Lipinski definition) is 5. The second kappa shape index (κ2) is 11.2. The molecule has 142 valence electrons. The number of carbonyl (C=O) groups excluding carboxylic acids is 1. The van der Waals surface area contributed by atoms with Crippen LogP contribution in [0.1, 0.15) is 31.7 Å². The fourth-order valence-corrected chi connectivity index (χ4v) is 3.23. The zero-order valence-electron chi connectivity index (χ0n) is 15.5. The van der Waals surface area contributed by atoms with Crippen LogP contribution in [0.3, 0.4) is 0 Å². The number of esters is 1. The van der Waals surface area contributed by atoms with Crippen LogP contribution >= 0.6 is 12.4 Å². The van der Waals surface area contributed by atoms with Gasteiger partial charge in [0.2, 0.25) is 0 Å². The summed E-state index contributed by atoms with van der Waals surface area (Å²) in [5.74, 6) is 1.12. The SMILES string of the molecule is CCOC(=O)C(Cc1ccc(OC)c(OC)c1)CN1CCCCC1.Cl. The molecule has 0 radical (unpaired) electrons. The van der Waals surface area contributed by atoms with Crippen molar-refractivity contribution in [1.29, 1.82) is 0 Å². The van der Waals surface area contributed by atoms with E-state index in [1.807, 2.05) is 25.1 Å². The van der Waals surface area contributed by atoms with E-state index in [9.17, 15) is 4.79 Å². The summed E-state index contributed by atoms with van der Waals surface area (Å²) in [4.78, 5) is 14.8. The lowest BCUT2D eigenvalue weighted by Gasteiger charge is -2.29. The second-order valence-corrected chi connectivity index (χ2v) is 6.20. The van der Waals surface area contributed by atoms with Crippen LogP contribution in [0.25, 0.3) is 0 Å². The predicted molar refractivity (Wildman–Crippen MR) is 101 cm³/mol. The standard InChI is InChI=1S/C19H29NO4.ClH/c1-4-24-19(21)16(14-20-10-6-5-7-11-20)12-15-8-9-17(22-2)18(13-15)23-3;/h8-9,13,16H,4-7,10-12,14H2,1-3H3;1H. The van der Waals surface area contributed by atoms with Gasteiger partial charge in [-0.3, -0.25) is 4.79 Å². The molecule has 6 heteroatoms. The van der Waals surface area contributed by atoms with E-state index in [4.69, 9.17) is 14.2 Å². The van der Waals surface area contributed by atoms with E-state index < -0.39 is 0 Å². The number of piperidine rings is 1. The maximum absolute atomic E-state index is 12.4. The van der Waals surface area contributed by atoms with Gasteiger partial charge in [-0.1, -0.05) is 12.5 Å². The Labute approximate surface area is 157 Å². The van der Waals surface area contributed by atoms with Gasteiger partial charge in [-0.2, -0.15) is 0 Å². The highest BCUT2D eigenvalue weighted by atomic mass is 35.5. The van der Waals surface area contributed by atoms with Gasteiger partial charge in [0.05, 0.1) is 26.7 Å². The van der Waals surface area contributed by atoms with Crippen molar-refractivity contribution in [2.75, 3.05) is 40.5 Å². The smallest absolute Gasteiger partial charge is 0.310 e. The lowest BCUT2D eigenvalue weighted by atomic mass is 9.97. The highest BCUT2D eigenvalue weighted by Crippen LogP contribution is 2.29. The molecule has 0 N–H and O–H groups in total. The van der Waals surface area contributed by atoms with Gasteiger partial charge in [-0.05, 0) is 57.0 Å². The zero-order valence-corrected chi connectivity index (χ0v) is 16.3. The first kappa shape index (κ1) is 21.6. The maximum atomic E-state index is 12.4. The lowest BCUT2D eigenvalue weighted by molar-refractivity contribution is -0.148. The van der Waals surface area contributed by atoms with Crippen LogP contribution in [0, 0.1) is 5.92 Å². The lowest BCUT2D eigenvalue weighted by Crippen LogP contribution is -2.38. The van der Waals surface area contributed by atoms with Crippen molar-refractivity contribution in [3.63, 3.8) is 0 Å². The summed E-state index contributed by atoms with van der Waals surface area (Å²) in [6.45, 7) is 5.17. The number of nitrogens with zero attached hydrogens (tertiary/aromatic N) is 1. The molecule has 1 aliphatic heterocycles. The number of ether oxygens (including phenoxy) is 3. The first-order valence-electron chi connectivity index (χ1n) is 8.77. The first-order chi connectivity index (χ1) is 11.7. The second-order valence-electron chi connectivity index (χ2n) is 6.20. The Balaban J connectivity index is 0.00000312. The number of rotatable bonds is 8. The van der Waals surface area contributed by atoms with Crippen LogP contribution in [-0.2, 0) is 16.0 Å². The minimum Gasteiger partial charge on any atom is -0.493 e. The average molecular weight is 372 g/mol. The fourth-order valence-electron chi connectivity index (χ4n) is 3.23. The molecule has 1 aliphatic rings. The van der Waals surface area contributed by atoms with Crippen LogP contribution in [0.2, 0.25) is 0 Å². The van der Waals surface area contributed by atoms with E-state index in [0.717, 1.165) is 25.2 Å². The molecule has 2 rings (SSSR count). The van der Waals surface area contributed by atoms with Gasteiger partial charge < -0.3 is 19.1 Å². The molecule has 0 aliphatic carbocycles. The summed E-state index contributed by atoms with van der Waals surface area (Å²) in [7, 11) is 3.24. The van der Waals surface area contributed by atoms with Gasteiger partial charge >= 0.3 is 5.97 Å². The van der Waals surface area contributed by atoms with Crippen molar-refractivity contribution in [3.05, 3.63) is 23.8 Å². The third-order valence-electron chi connectivity index (χ3n) is 4.48. The van der Waals surface area contributed by atoms with Crippen LogP contribution in [-0.4, -0.2) is 51.3 Å². The molecule has 0 aromatic heterocycles. The van der Waals surface area contributed by atoms with Crippen molar-refractivity contribution >= 4 is 18.4 Å². The summed E-state index contributed by atoms with van der Waals surface area (Å²) < 4.78 is 15.9. The third kappa shape index (κ3) is 6.40. The Hall–Kier alpha value is -1.46. The normalized spacial score (nSPS) is 15.8. The predicted octanol–water partition coefficient (Wildman–Crippen LogP) is 3.33. The van der Waals surface area contributed by atoms with Gasteiger partial charge in [-0.15, -0.1) is 12.4 Å². The van der Waals surface area contributed by atoms with Crippen LogP contribution < -0.4 is 9.47 Å². The molecule has 1 saturated heterocycles. The number of benzene rings is 1. The Bertz CT molecular complexity index is 532. The number of halogens is 1. The van der Waals surface area contributed by atoms with E-state index >= 15 is 0 Å². The highest BCUT2D eigenvalue weighted by Gasteiger charge is 2.24. The monoisotopic (exact) mass is 371 g/mol.